The highest BCUT2D eigenvalue weighted by Crippen LogP contribution is 2.21. The molecule has 2 aromatic rings. The minimum absolute atomic E-state index is 0.170. The molecule has 0 aliphatic carbocycles. The molecule has 0 heterocycles. The minimum atomic E-state index is -0.170. The van der Waals surface area contributed by atoms with Crippen molar-refractivity contribution in [1.29, 1.82) is 0 Å². The summed E-state index contributed by atoms with van der Waals surface area (Å²) in [5.74, 6) is 0.400. The summed E-state index contributed by atoms with van der Waals surface area (Å²) in [4.78, 5) is 12.2. The lowest BCUT2D eigenvalue weighted by Crippen LogP contribution is -2.13. The number of para-hydroxylation sites is 2. The maximum absolute atomic E-state index is 12.2. The molecule has 4 heteroatoms. The highest BCUT2D eigenvalue weighted by atomic mass is 127. The highest BCUT2D eigenvalue weighted by molar-refractivity contribution is 14.1. The molecule has 0 unspecified atom stereocenters. The summed E-state index contributed by atoms with van der Waals surface area (Å²) in [7, 11) is 1.55. The number of carbonyl (C=O) groups excluding carboxylic acids is 1. The topological polar surface area (TPSA) is 38.3 Å². The molecule has 0 radical (unpaired) electrons. The number of rotatable bonds is 3. The van der Waals surface area contributed by atoms with E-state index in [1.165, 1.54) is 0 Å². The van der Waals surface area contributed by atoms with E-state index >= 15 is 0 Å². The molecule has 0 saturated heterocycles. The normalized spacial score (nSPS) is 9.89. The van der Waals surface area contributed by atoms with Crippen molar-refractivity contribution in [3.8, 4) is 5.75 Å². The van der Waals surface area contributed by atoms with E-state index in [0.717, 1.165) is 9.26 Å². The van der Waals surface area contributed by atoms with Gasteiger partial charge in [-0.2, -0.15) is 0 Å². The molecule has 2 aromatic carbocycles. The van der Waals surface area contributed by atoms with Gasteiger partial charge in [0, 0.05) is 3.57 Å². The average Bonchev–Trinajstić information content (AvgIpc) is 2.41. The standard InChI is InChI=1S/C14H12INO2/c1-18-13-9-5-2-6-10(13)14(17)16-12-8-4-3-7-11(12)15/h2-9H,1H3,(H,16,17). The fourth-order valence-corrected chi connectivity index (χ4v) is 2.11. The van der Waals surface area contributed by atoms with Crippen LogP contribution < -0.4 is 10.1 Å². The zero-order chi connectivity index (χ0) is 13.0. The second-order valence-electron chi connectivity index (χ2n) is 3.63. The van der Waals surface area contributed by atoms with Crippen molar-refractivity contribution in [1.82, 2.24) is 0 Å². The van der Waals surface area contributed by atoms with E-state index in [1.54, 1.807) is 19.2 Å². The van der Waals surface area contributed by atoms with Gasteiger partial charge in [0.15, 0.2) is 0 Å². The van der Waals surface area contributed by atoms with E-state index in [-0.39, 0.29) is 5.91 Å². The van der Waals surface area contributed by atoms with Gasteiger partial charge >= 0.3 is 0 Å². The highest BCUT2D eigenvalue weighted by Gasteiger charge is 2.12. The smallest absolute Gasteiger partial charge is 0.259 e. The van der Waals surface area contributed by atoms with Gasteiger partial charge in [-0.25, -0.2) is 0 Å². The maximum Gasteiger partial charge on any atom is 0.259 e. The molecule has 1 N–H and O–H groups in total. The van der Waals surface area contributed by atoms with Crippen LogP contribution in [-0.4, -0.2) is 13.0 Å². The van der Waals surface area contributed by atoms with Crippen LogP contribution in [-0.2, 0) is 0 Å². The van der Waals surface area contributed by atoms with Gasteiger partial charge in [0.25, 0.3) is 5.91 Å². The fourth-order valence-electron chi connectivity index (χ4n) is 1.58. The van der Waals surface area contributed by atoms with Gasteiger partial charge in [-0.05, 0) is 46.9 Å². The first-order valence-corrected chi connectivity index (χ1v) is 6.49. The van der Waals surface area contributed by atoms with E-state index in [4.69, 9.17) is 4.74 Å². The van der Waals surface area contributed by atoms with Crippen molar-refractivity contribution >= 4 is 34.2 Å². The zero-order valence-electron chi connectivity index (χ0n) is 9.81. The third-order valence-electron chi connectivity index (χ3n) is 2.47. The number of hydrogen-bond acceptors (Lipinski definition) is 2. The summed E-state index contributed by atoms with van der Waals surface area (Å²) >= 11 is 2.19. The van der Waals surface area contributed by atoms with Crippen molar-refractivity contribution in [2.75, 3.05) is 12.4 Å². The lowest BCUT2D eigenvalue weighted by Gasteiger charge is -2.10. The van der Waals surface area contributed by atoms with Gasteiger partial charge in [-0.15, -0.1) is 0 Å². The van der Waals surface area contributed by atoms with Crippen LogP contribution in [0, 0.1) is 3.57 Å². The predicted molar refractivity (Wildman–Crippen MR) is 80.1 cm³/mol. The Bertz CT molecular complexity index is 569. The SMILES string of the molecule is COc1ccccc1C(=O)Nc1ccccc1I. The van der Waals surface area contributed by atoms with Crippen LogP contribution in [0.5, 0.6) is 5.75 Å². The van der Waals surface area contributed by atoms with Gasteiger partial charge in [-0.3, -0.25) is 4.79 Å². The molecular weight excluding hydrogens is 341 g/mol. The Morgan fingerprint density at radius 1 is 1.11 bits per heavy atom. The number of methoxy groups -OCH3 is 1. The first kappa shape index (κ1) is 12.9. The van der Waals surface area contributed by atoms with E-state index in [9.17, 15) is 4.79 Å². The number of amides is 1. The Kier molecular flexibility index (Phi) is 4.19. The number of nitrogens with one attached hydrogen (secondary N) is 1. The summed E-state index contributed by atoms with van der Waals surface area (Å²) in [5, 5.41) is 2.87. The molecule has 0 aliphatic rings. The Hall–Kier alpha value is -1.56. The van der Waals surface area contributed by atoms with Crippen LogP contribution in [0.3, 0.4) is 0 Å². The third-order valence-corrected chi connectivity index (χ3v) is 3.41. The van der Waals surface area contributed by atoms with Crippen molar-refractivity contribution in [2.24, 2.45) is 0 Å². The van der Waals surface area contributed by atoms with Gasteiger partial charge in [0.05, 0.1) is 18.4 Å². The van der Waals surface area contributed by atoms with Crippen molar-refractivity contribution in [3.63, 3.8) is 0 Å². The van der Waals surface area contributed by atoms with Crippen molar-refractivity contribution in [3.05, 3.63) is 57.7 Å². The first-order chi connectivity index (χ1) is 8.72. The molecule has 1 amide bonds. The monoisotopic (exact) mass is 353 g/mol. The van der Waals surface area contributed by atoms with Crippen molar-refractivity contribution in [2.45, 2.75) is 0 Å². The van der Waals surface area contributed by atoms with E-state index < -0.39 is 0 Å². The lowest BCUT2D eigenvalue weighted by molar-refractivity contribution is 0.102. The van der Waals surface area contributed by atoms with Crippen LogP contribution >= 0.6 is 22.6 Å². The van der Waals surface area contributed by atoms with Crippen LogP contribution in [0.1, 0.15) is 10.4 Å². The summed E-state index contributed by atoms with van der Waals surface area (Å²) in [6.07, 6.45) is 0. The van der Waals surface area contributed by atoms with Crippen molar-refractivity contribution < 1.29 is 9.53 Å². The Labute approximate surface area is 119 Å². The van der Waals surface area contributed by atoms with Gasteiger partial charge in [0.1, 0.15) is 5.75 Å². The largest absolute Gasteiger partial charge is 0.496 e. The first-order valence-electron chi connectivity index (χ1n) is 5.41. The second kappa shape index (κ2) is 5.86. The zero-order valence-corrected chi connectivity index (χ0v) is 12.0. The van der Waals surface area contributed by atoms with Crippen LogP contribution in [0.2, 0.25) is 0 Å². The molecule has 18 heavy (non-hydrogen) atoms. The number of benzene rings is 2. The summed E-state index contributed by atoms with van der Waals surface area (Å²) in [5.41, 5.74) is 1.33. The molecule has 0 aromatic heterocycles. The molecule has 0 spiro atoms. The Morgan fingerprint density at radius 2 is 1.78 bits per heavy atom. The molecule has 0 aliphatic heterocycles. The van der Waals surface area contributed by atoms with Crippen LogP contribution in [0.4, 0.5) is 5.69 Å². The molecule has 92 valence electrons. The quantitative estimate of drug-likeness (QED) is 0.857. The molecular formula is C14H12INO2. The minimum Gasteiger partial charge on any atom is -0.496 e. The summed E-state index contributed by atoms with van der Waals surface area (Å²) in [6, 6.07) is 14.8. The number of hydrogen-bond donors (Lipinski definition) is 1. The number of anilines is 1. The third kappa shape index (κ3) is 2.81. The Balaban J connectivity index is 2.25. The summed E-state index contributed by atoms with van der Waals surface area (Å²) in [6.45, 7) is 0. The Morgan fingerprint density at radius 3 is 2.50 bits per heavy atom. The van der Waals surface area contributed by atoms with Gasteiger partial charge in [-0.1, -0.05) is 24.3 Å². The number of ether oxygens (including phenoxy) is 1. The molecule has 2 rings (SSSR count). The molecule has 0 atom stereocenters. The second-order valence-corrected chi connectivity index (χ2v) is 4.80. The predicted octanol–water partition coefficient (Wildman–Crippen LogP) is 3.55. The maximum atomic E-state index is 12.2. The van der Waals surface area contributed by atoms with Crippen LogP contribution in [0.25, 0.3) is 0 Å². The molecule has 0 saturated carbocycles. The lowest BCUT2D eigenvalue weighted by atomic mass is 10.2. The molecule has 0 bridgehead atoms. The van der Waals surface area contributed by atoms with Crippen LogP contribution in [0.15, 0.2) is 48.5 Å². The molecule has 3 nitrogen and oxygen atoms in total. The molecule has 0 fully saturated rings. The van der Waals surface area contributed by atoms with E-state index in [0.29, 0.717) is 11.3 Å². The van der Waals surface area contributed by atoms with E-state index in [1.807, 2.05) is 36.4 Å². The number of carbonyl (C=O) groups is 1. The van der Waals surface area contributed by atoms with E-state index in [2.05, 4.69) is 27.9 Å². The van der Waals surface area contributed by atoms with Gasteiger partial charge in [0.2, 0.25) is 0 Å². The number of halogens is 1. The fraction of sp³-hybridized carbons (Fsp3) is 0.0714. The summed E-state index contributed by atoms with van der Waals surface area (Å²) < 4.78 is 6.17. The van der Waals surface area contributed by atoms with Gasteiger partial charge < -0.3 is 10.1 Å². The average molecular weight is 353 g/mol.